The fourth-order valence-electron chi connectivity index (χ4n) is 0.919. The zero-order valence-corrected chi connectivity index (χ0v) is 6.67. The van der Waals surface area contributed by atoms with Gasteiger partial charge >= 0.3 is 0 Å². The molecule has 0 aromatic carbocycles. The van der Waals surface area contributed by atoms with Crippen LogP contribution in [-0.2, 0) is 9.47 Å². The van der Waals surface area contributed by atoms with Gasteiger partial charge in [0.1, 0.15) is 0 Å². The van der Waals surface area contributed by atoms with Crippen LogP contribution in [-0.4, -0.2) is 38.6 Å². The molecular weight excluding hydrogens is 130 g/mol. The van der Waals surface area contributed by atoms with E-state index in [9.17, 15) is 0 Å². The van der Waals surface area contributed by atoms with Crippen LogP contribution in [0.3, 0.4) is 0 Å². The molecule has 1 saturated heterocycles. The Balaban J connectivity index is 2.28. The van der Waals surface area contributed by atoms with E-state index in [1.165, 1.54) is 0 Å². The second-order valence-corrected chi connectivity index (χ2v) is 2.72. The predicted octanol–water partition coefficient (Wildman–Crippen LogP) is 0.659. The van der Waals surface area contributed by atoms with Crippen molar-refractivity contribution < 1.29 is 9.47 Å². The predicted molar refractivity (Wildman–Crippen MR) is 38.6 cm³/mol. The first-order valence-corrected chi connectivity index (χ1v) is 3.70. The van der Waals surface area contributed by atoms with E-state index < -0.39 is 0 Å². The number of nitrogens with zero attached hydrogens (tertiary/aromatic N) is 1. The molecule has 0 unspecified atom stereocenters. The lowest BCUT2D eigenvalue weighted by molar-refractivity contribution is -0.198. The standard InChI is InChI=1S/C7H15NO2/c1-8(2)7-9-5-3-4-6-10-7/h7H,3-6H2,1-2H3. The summed E-state index contributed by atoms with van der Waals surface area (Å²) in [4.78, 5) is 1.94. The molecule has 1 heterocycles. The summed E-state index contributed by atoms with van der Waals surface area (Å²) in [5.41, 5.74) is 0. The van der Waals surface area contributed by atoms with Crippen LogP contribution < -0.4 is 0 Å². The maximum Gasteiger partial charge on any atom is 0.218 e. The van der Waals surface area contributed by atoms with E-state index in [1.807, 2.05) is 19.0 Å². The number of rotatable bonds is 1. The number of hydrogen-bond donors (Lipinski definition) is 0. The molecule has 0 N–H and O–H groups in total. The summed E-state index contributed by atoms with van der Waals surface area (Å²) in [6, 6.07) is 0. The fraction of sp³-hybridized carbons (Fsp3) is 1.00. The minimum absolute atomic E-state index is 0.123. The minimum atomic E-state index is -0.123. The fourth-order valence-corrected chi connectivity index (χ4v) is 0.919. The van der Waals surface area contributed by atoms with Gasteiger partial charge in [0, 0.05) is 0 Å². The first-order valence-electron chi connectivity index (χ1n) is 3.70. The van der Waals surface area contributed by atoms with E-state index in [0.29, 0.717) is 0 Å². The average Bonchev–Trinajstić information content (AvgIpc) is 2.12. The van der Waals surface area contributed by atoms with E-state index in [4.69, 9.17) is 9.47 Å². The summed E-state index contributed by atoms with van der Waals surface area (Å²) >= 11 is 0. The van der Waals surface area contributed by atoms with E-state index in [2.05, 4.69) is 0 Å². The first-order chi connectivity index (χ1) is 4.80. The highest BCUT2D eigenvalue weighted by molar-refractivity contribution is 4.47. The quantitative estimate of drug-likeness (QED) is 0.541. The Bertz CT molecular complexity index is 87.6. The van der Waals surface area contributed by atoms with Gasteiger partial charge in [-0.05, 0) is 26.9 Å². The molecule has 60 valence electrons. The zero-order valence-electron chi connectivity index (χ0n) is 6.67. The largest absolute Gasteiger partial charge is 0.340 e. The Labute approximate surface area is 61.9 Å². The van der Waals surface area contributed by atoms with Gasteiger partial charge < -0.3 is 9.47 Å². The van der Waals surface area contributed by atoms with Gasteiger partial charge in [-0.3, -0.25) is 4.90 Å². The Hall–Kier alpha value is -0.120. The van der Waals surface area contributed by atoms with Crippen molar-refractivity contribution >= 4 is 0 Å². The lowest BCUT2D eigenvalue weighted by atomic mass is 10.3. The second-order valence-electron chi connectivity index (χ2n) is 2.72. The van der Waals surface area contributed by atoms with E-state index >= 15 is 0 Å². The first kappa shape index (κ1) is 7.98. The van der Waals surface area contributed by atoms with E-state index in [0.717, 1.165) is 26.1 Å². The molecule has 0 aliphatic carbocycles. The Morgan fingerprint density at radius 1 is 1.10 bits per heavy atom. The molecule has 3 heteroatoms. The third kappa shape index (κ3) is 2.25. The van der Waals surface area contributed by atoms with Gasteiger partial charge in [0.25, 0.3) is 0 Å². The molecule has 10 heavy (non-hydrogen) atoms. The van der Waals surface area contributed by atoms with Crippen molar-refractivity contribution in [1.29, 1.82) is 0 Å². The molecule has 3 nitrogen and oxygen atoms in total. The zero-order chi connectivity index (χ0) is 7.40. The lowest BCUT2D eigenvalue weighted by Crippen LogP contribution is -2.32. The SMILES string of the molecule is CN(C)C1OCCCCO1. The molecule has 1 aliphatic rings. The molecular formula is C7H15NO2. The van der Waals surface area contributed by atoms with Crippen molar-refractivity contribution in [3.05, 3.63) is 0 Å². The number of ether oxygens (including phenoxy) is 2. The lowest BCUT2D eigenvalue weighted by Gasteiger charge is -2.21. The Morgan fingerprint density at radius 3 is 2.00 bits per heavy atom. The van der Waals surface area contributed by atoms with Crippen LogP contribution >= 0.6 is 0 Å². The summed E-state index contributed by atoms with van der Waals surface area (Å²) in [5.74, 6) is 0. The summed E-state index contributed by atoms with van der Waals surface area (Å²) in [5, 5.41) is 0. The molecule has 0 amide bonds. The highest BCUT2D eigenvalue weighted by Crippen LogP contribution is 2.06. The summed E-state index contributed by atoms with van der Waals surface area (Å²) < 4.78 is 10.7. The van der Waals surface area contributed by atoms with Crippen LogP contribution in [0, 0.1) is 0 Å². The van der Waals surface area contributed by atoms with Crippen molar-refractivity contribution in [2.75, 3.05) is 27.3 Å². The van der Waals surface area contributed by atoms with Crippen molar-refractivity contribution in [2.45, 2.75) is 19.3 Å². The van der Waals surface area contributed by atoms with Gasteiger partial charge in [-0.1, -0.05) is 0 Å². The maximum absolute atomic E-state index is 5.37. The molecule has 0 radical (unpaired) electrons. The van der Waals surface area contributed by atoms with Crippen molar-refractivity contribution in [1.82, 2.24) is 4.90 Å². The van der Waals surface area contributed by atoms with Crippen molar-refractivity contribution in [3.8, 4) is 0 Å². The van der Waals surface area contributed by atoms with Crippen LogP contribution in [0.4, 0.5) is 0 Å². The number of hydrogen-bond acceptors (Lipinski definition) is 3. The Morgan fingerprint density at radius 2 is 1.60 bits per heavy atom. The third-order valence-corrected chi connectivity index (χ3v) is 1.48. The van der Waals surface area contributed by atoms with Crippen LogP contribution in [0.15, 0.2) is 0 Å². The molecule has 1 fully saturated rings. The summed E-state index contributed by atoms with van der Waals surface area (Å²) in [7, 11) is 3.91. The molecule has 0 spiro atoms. The highest BCUT2D eigenvalue weighted by Gasteiger charge is 2.13. The second kappa shape index (κ2) is 3.91. The van der Waals surface area contributed by atoms with Crippen molar-refractivity contribution in [3.63, 3.8) is 0 Å². The Kier molecular flexibility index (Phi) is 3.12. The molecule has 1 rings (SSSR count). The van der Waals surface area contributed by atoms with Crippen molar-refractivity contribution in [2.24, 2.45) is 0 Å². The van der Waals surface area contributed by atoms with Gasteiger partial charge in [-0.25, -0.2) is 0 Å². The van der Waals surface area contributed by atoms with E-state index in [1.54, 1.807) is 0 Å². The normalized spacial score (nSPS) is 23.1. The van der Waals surface area contributed by atoms with Crippen LogP contribution in [0.1, 0.15) is 12.8 Å². The van der Waals surface area contributed by atoms with E-state index in [-0.39, 0.29) is 6.41 Å². The minimum Gasteiger partial charge on any atom is -0.340 e. The average molecular weight is 145 g/mol. The smallest absolute Gasteiger partial charge is 0.218 e. The highest BCUT2D eigenvalue weighted by atomic mass is 16.7. The summed E-state index contributed by atoms with van der Waals surface area (Å²) in [6.07, 6.45) is 2.11. The van der Waals surface area contributed by atoms with Gasteiger partial charge in [-0.2, -0.15) is 0 Å². The molecule has 0 saturated carbocycles. The molecule has 1 aliphatic heterocycles. The van der Waals surface area contributed by atoms with Crippen LogP contribution in [0.2, 0.25) is 0 Å². The van der Waals surface area contributed by atoms with Crippen LogP contribution in [0.5, 0.6) is 0 Å². The molecule has 0 atom stereocenters. The summed E-state index contributed by atoms with van der Waals surface area (Å²) in [6.45, 7) is 1.64. The molecule has 0 aromatic rings. The van der Waals surface area contributed by atoms with Gasteiger partial charge in [0.05, 0.1) is 13.2 Å². The monoisotopic (exact) mass is 145 g/mol. The molecule has 0 aromatic heterocycles. The molecule has 0 bridgehead atoms. The maximum atomic E-state index is 5.37. The topological polar surface area (TPSA) is 21.7 Å². The van der Waals surface area contributed by atoms with Crippen LogP contribution in [0.25, 0.3) is 0 Å². The van der Waals surface area contributed by atoms with Gasteiger partial charge in [0.2, 0.25) is 6.41 Å². The van der Waals surface area contributed by atoms with Gasteiger partial charge in [-0.15, -0.1) is 0 Å². The third-order valence-electron chi connectivity index (χ3n) is 1.48. The van der Waals surface area contributed by atoms with Gasteiger partial charge in [0.15, 0.2) is 0 Å².